The Morgan fingerprint density at radius 2 is 1.88 bits per heavy atom. The molecule has 3 aliphatic heterocycles. The molecule has 3 N–H and O–H groups in total. The van der Waals surface area contributed by atoms with Crippen LogP contribution in [0, 0.1) is 17.2 Å². The van der Waals surface area contributed by atoms with Gasteiger partial charge in [-0.1, -0.05) is 54.1 Å². The fraction of sp³-hybridized carbons (Fsp3) is 0.469. The number of likely N-dealkylation sites (tertiary alicyclic amines) is 1. The van der Waals surface area contributed by atoms with E-state index in [9.17, 15) is 18.8 Å². The Bertz CT molecular complexity index is 1300. The van der Waals surface area contributed by atoms with E-state index >= 15 is 0 Å². The van der Waals surface area contributed by atoms with Crippen LogP contribution in [0.25, 0.3) is 0 Å². The molecule has 3 heterocycles. The summed E-state index contributed by atoms with van der Waals surface area (Å²) in [4.78, 5) is 42.3. The van der Waals surface area contributed by atoms with Crippen molar-refractivity contribution in [2.45, 2.75) is 50.6 Å². The van der Waals surface area contributed by atoms with E-state index in [1.807, 2.05) is 30.3 Å². The number of fused-ring (bicyclic) bond motifs is 1. The predicted octanol–water partition coefficient (Wildman–Crippen LogP) is 4.10. The van der Waals surface area contributed by atoms with E-state index in [1.165, 1.54) is 18.2 Å². The van der Waals surface area contributed by atoms with Gasteiger partial charge in [0.05, 0.1) is 17.0 Å². The van der Waals surface area contributed by atoms with Crippen molar-refractivity contribution in [1.82, 2.24) is 15.5 Å². The summed E-state index contributed by atoms with van der Waals surface area (Å²) in [5.41, 5.74) is 0.810. The normalized spacial score (nSPS) is 25.7. The van der Waals surface area contributed by atoms with E-state index in [1.54, 1.807) is 0 Å². The number of ether oxygens (including phenoxy) is 1. The number of nitrogens with zero attached hydrogens (tertiary/aromatic N) is 1. The van der Waals surface area contributed by atoms with Gasteiger partial charge in [-0.15, -0.1) is 0 Å². The Morgan fingerprint density at radius 1 is 1.10 bits per heavy atom. The number of halogens is 2. The summed E-state index contributed by atoms with van der Waals surface area (Å²) in [6.07, 6.45) is 7.81. The SMILES string of the molecule is O=C(CN1CC[C@H]2NC(=O)[C@H](Cc3ccccc3)NC(=O)C3(C/C=C/C[C@H]2C1)CCOCC3)Nc1ccc(F)c(Cl)c1. The van der Waals surface area contributed by atoms with Gasteiger partial charge in [0.25, 0.3) is 0 Å². The molecule has 0 unspecified atom stereocenters. The Hall–Kier alpha value is -3.27. The van der Waals surface area contributed by atoms with Crippen molar-refractivity contribution in [3.05, 3.63) is 77.1 Å². The number of allylic oxidation sites excluding steroid dienone is 2. The highest BCUT2D eigenvalue weighted by Gasteiger charge is 2.41. The highest BCUT2D eigenvalue weighted by molar-refractivity contribution is 6.31. The highest BCUT2D eigenvalue weighted by atomic mass is 35.5. The first-order valence-corrected chi connectivity index (χ1v) is 15.0. The number of hydrogen-bond donors (Lipinski definition) is 3. The molecule has 2 aromatic rings. The average Bonchev–Trinajstić information content (AvgIpc) is 2.98. The molecule has 224 valence electrons. The minimum absolute atomic E-state index is 0.0475. The first kappa shape index (κ1) is 30.2. The topological polar surface area (TPSA) is 99.8 Å². The molecule has 3 atom stereocenters. The van der Waals surface area contributed by atoms with Gasteiger partial charge >= 0.3 is 0 Å². The van der Waals surface area contributed by atoms with Crippen molar-refractivity contribution in [3.63, 3.8) is 0 Å². The van der Waals surface area contributed by atoms with Crippen molar-refractivity contribution in [1.29, 1.82) is 0 Å². The van der Waals surface area contributed by atoms with Gasteiger partial charge in [-0.25, -0.2) is 4.39 Å². The highest BCUT2D eigenvalue weighted by Crippen LogP contribution is 2.36. The molecule has 2 aromatic carbocycles. The second-order valence-corrected chi connectivity index (χ2v) is 12.0. The standard InChI is InChI=1S/C32H38ClFN4O4/c33-25-19-24(9-10-26(25)34)35-29(39)21-38-15-11-27-23(20-38)8-4-5-12-32(13-16-42-17-14-32)31(41)37-28(30(40)36-27)18-22-6-2-1-3-7-22/h1-7,9-10,19,23,27-28H,8,11-18,20-21H2,(H,35,39)(H,36,40)(H,37,41)/b5-4+/t23-,27+,28-/m0/s1. The van der Waals surface area contributed by atoms with Gasteiger partial charge in [0.15, 0.2) is 0 Å². The Labute approximate surface area is 251 Å². The van der Waals surface area contributed by atoms with Gasteiger partial charge in [0.2, 0.25) is 17.7 Å². The lowest BCUT2D eigenvalue weighted by Crippen LogP contribution is -2.58. The van der Waals surface area contributed by atoms with Crippen molar-refractivity contribution in [2.24, 2.45) is 11.3 Å². The number of hydrogen-bond acceptors (Lipinski definition) is 5. The largest absolute Gasteiger partial charge is 0.381 e. The Balaban J connectivity index is 1.31. The average molecular weight is 597 g/mol. The smallest absolute Gasteiger partial charge is 0.243 e. The van der Waals surface area contributed by atoms with Gasteiger partial charge in [-0.3, -0.25) is 19.3 Å². The minimum atomic E-state index is -0.699. The maximum Gasteiger partial charge on any atom is 0.243 e. The molecule has 3 amide bonds. The molecular formula is C32H38ClFN4O4. The van der Waals surface area contributed by atoms with Crippen LogP contribution in [-0.2, 0) is 25.5 Å². The summed E-state index contributed by atoms with van der Waals surface area (Å²) < 4.78 is 19.1. The summed E-state index contributed by atoms with van der Waals surface area (Å²) in [7, 11) is 0. The molecule has 1 spiro atoms. The van der Waals surface area contributed by atoms with E-state index in [0.717, 1.165) is 5.56 Å². The molecule has 2 fully saturated rings. The van der Waals surface area contributed by atoms with E-state index in [-0.39, 0.29) is 41.2 Å². The van der Waals surface area contributed by atoms with Gasteiger partial charge in [0.1, 0.15) is 11.9 Å². The number of rotatable bonds is 5. The maximum atomic E-state index is 13.7. The van der Waals surface area contributed by atoms with E-state index in [4.69, 9.17) is 16.3 Å². The third kappa shape index (κ3) is 7.56. The minimum Gasteiger partial charge on any atom is -0.381 e. The molecule has 5 rings (SSSR count). The molecule has 0 radical (unpaired) electrons. The van der Waals surface area contributed by atoms with Gasteiger partial charge < -0.3 is 20.7 Å². The van der Waals surface area contributed by atoms with Crippen LogP contribution in [0.4, 0.5) is 10.1 Å². The van der Waals surface area contributed by atoms with E-state index < -0.39 is 17.3 Å². The van der Waals surface area contributed by atoms with Crippen molar-refractivity contribution in [3.8, 4) is 0 Å². The summed E-state index contributed by atoms with van der Waals surface area (Å²) in [5, 5.41) is 9.12. The fourth-order valence-electron chi connectivity index (χ4n) is 6.18. The van der Waals surface area contributed by atoms with Crippen LogP contribution in [-0.4, -0.2) is 67.6 Å². The second kappa shape index (κ2) is 13.8. The molecule has 0 aromatic heterocycles. The third-order valence-corrected chi connectivity index (χ3v) is 8.96. The first-order valence-electron chi connectivity index (χ1n) is 14.7. The Morgan fingerprint density at radius 3 is 2.64 bits per heavy atom. The van der Waals surface area contributed by atoms with Gasteiger partial charge in [0, 0.05) is 44.5 Å². The lowest BCUT2D eigenvalue weighted by atomic mass is 9.75. The monoisotopic (exact) mass is 596 g/mol. The second-order valence-electron chi connectivity index (χ2n) is 11.6. The van der Waals surface area contributed by atoms with E-state index in [0.29, 0.717) is 70.5 Å². The van der Waals surface area contributed by atoms with Crippen LogP contribution in [0.1, 0.15) is 37.7 Å². The number of amides is 3. The maximum absolute atomic E-state index is 13.7. The van der Waals surface area contributed by atoms with Crippen LogP contribution >= 0.6 is 11.6 Å². The van der Waals surface area contributed by atoms with Crippen molar-refractivity contribution < 1.29 is 23.5 Å². The first-order chi connectivity index (χ1) is 20.3. The fourth-order valence-corrected chi connectivity index (χ4v) is 6.36. The zero-order valence-corrected chi connectivity index (χ0v) is 24.4. The molecule has 3 aliphatic rings. The zero-order chi connectivity index (χ0) is 29.5. The molecule has 2 saturated heterocycles. The number of nitrogens with one attached hydrogen (secondary N) is 3. The van der Waals surface area contributed by atoms with Crippen molar-refractivity contribution in [2.75, 3.05) is 38.2 Å². The number of anilines is 1. The quantitative estimate of drug-likeness (QED) is 0.452. The van der Waals surface area contributed by atoms with Crippen LogP contribution in [0.2, 0.25) is 5.02 Å². The predicted molar refractivity (Wildman–Crippen MR) is 159 cm³/mol. The van der Waals surface area contributed by atoms with Gasteiger partial charge in [-0.2, -0.15) is 0 Å². The molecular weight excluding hydrogens is 559 g/mol. The molecule has 42 heavy (non-hydrogen) atoms. The third-order valence-electron chi connectivity index (χ3n) is 8.67. The summed E-state index contributed by atoms with van der Waals surface area (Å²) >= 11 is 5.86. The molecule has 0 aliphatic carbocycles. The number of piperidine rings is 1. The number of benzene rings is 2. The number of carbonyl (C=O) groups excluding carboxylic acids is 3. The molecule has 0 bridgehead atoms. The molecule has 10 heteroatoms. The lowest BCUT2D eigenvalue weighted by Gasteiger charge is -2.40. The lowest BCUT2D eigenvalue weighted by molar-refractivity contribution is -0.140. The molecule has 8 nitrogen and oxygen atoms in total. The Kier molecular flexibility index (Phi) is 9.92. The van der Waals surface area contributed by atoms with Crippen LogP contribution < -0.4 is 16.0 Å². The number of carbonyl (C=O) groups is 3. The van der Waals surface area contributed by atoms with Crippen LogP contribution in [0.3, 0.4) is 0 Å². The van der Waals surface area contributed by atoms with Crippen molar-refractivity contribution >= 4 is 35.0 Å². The van der Waals surface area contributed by atoms with Gasteiger partial charge in [-0.05, 0) is 61.8 Å². The summed E-state index contributed by atoms with van der Waals surface area (Å²) in [6, 6.07) is 13.0. The zero-order valence-electron chi connectivity index (χ0n) is 23.6. The van der Waals surface area contributed by atoms with Crippen LogP contribution in [0.15, 0.2) is 60.7 Å². The van der Waals surface area contributed by atoms with E-state index in [2.05, 4.69) is 33.0 Å². The summed E-state index contributed by atoms with van der Waals surface area (Å²) in [6.45, 7) is 2.46. The molecule has 0 saturated carbocycles. The van der Waals surface area contributed by atoms with Crippen LogP contribution in [0.5, 0.6) is 0 Å². The summed E-state index contributed by atoms with van der Waals surface area (Å²) in [5.74, 6) is -0.941.